The number of hydrogen-bond acceptors (Lipinski definition) is 3. The van der Waals surface area contributed by atoms with Crippen LogP contribution in [0, 0.1) is 5.92 Å². The van der Waals surface area contributed by atoms with Gasteiger partial charge < -0.3 is 5.32 Å². The Morgan fingerprint density at radius 1 is 1.17 bits per heavy atom. The van der Waals surface area contributed by atoms with Crippen molar-refractivity contribution >= 4 is 27.5 Å². The van der Waals surface area contributed by atoms with E-state index in [-0.39, 0.29) is 27.8 Å². The molecule has 1 aromatic rings. The lowest BCUT2D eigenvalue weighted by Gasteiger charge is -2.26. The van der Waals surface area contributed by atoms with Gasteiger partial charge in [0, 0.05) is 24.7 Å². The molecular weight excluding hydrogens is 348 g/mol. The second-order valence-corrected chi connectivity index (χ2v) is 8.93. The Kier molecular flexibility index (Phi) is 6.28. The van der Waals surface area contributed by atoms with Crippen LogP contribution in [0.1, 0.15) is 50.4 Å². The van der Waals surface area contributed by atoms with Crippen LogP contribution < -0.4 is 5.32 Å². The van der Waals surface area contributed by atoms with Crippen LogP contribution in [-0.2, 0) is 10.0 Å². The number of nitrogens with zero attached hydrogens (tertiary/aromatic N) is 1. The fourth-order valence-electron chi connectivity index (χ4n) is 2.54. The van der Waals surface area contributed by atoms with Crippen molar-refractivity contribution in [3.05, 3.63) is 28.8 Å². The number of carbonyl (C=O) groups excluding carboxylic acids is 1. The first kappa shape index (κ1) is 19.2. The number of nitrogens with one attached hydrogen (secondary N) is 1. The standard InChI is InChI=1S/C17H25ClN2O3S/c1-12(2)13(3)19-17(21)14-7-8-15(18)16(11-14)24(22,23)20-9-5-4-6-10-20/h7-8,11-13H,4-6,9-10H2,1-3H3,(H,19,21). The second-order valence-electron chi connectivity index (χ2n) is 6.62. The third-order valence-electron chi connectivity index (χ3n) is 4.49. The fraction of sp³-hybridized carbons (Fsp3) is 0.588. The molecular formula is C17H25ClN2O3S. The fourth-order valence-corrected chi connectivity index (χ4v) is 4.56. The van der Waals surface area contributed by atoms with Crippen molar-refractivity contribution in [2.24, 2.45) is 5.92 Å². The Morgan fingerprint density at radius 2 is 1.79 bits per heavy atom. The van der Waals surface area contributed by atoms with E-state index in [1.54, 1.807) is 6.07 Å². The molecule has 1 amide bonds. The Balaban J connectivity index is 2.29. The molecule has 1 unspecified atom stereocenters. The molecule has 1 aromatic carbocycles. The van der Waals surface area contributed by atoms with Crippen LogP contribution in [0.5, 0.6) is 0 Å². The number of sulfonamides is 1. The van der Waals surface area contributed by atoms with Crippen molar-refractivity contribution in [1.29, 1.82) is 0 Å². The van der Waals surface area contributed by atoms with Gasteiger partial charge in [0.25, 0.3) is 5.91 Å². The number of halogens is 1. The molecule has 2 rings (SSSR count). The summed E-state index contributed by atoms with van der Waals surface area (Å²) in [6, 6.07) is 4.41. The first-order valence-electron chi connectivity index (χ1n) is 8.34. The molecule has 0 spiro atoms. The molecule has 7 heteroatoms. The topological polar surface area (TPSA) is 66.5 Å². The quantitative estimate of drug-likeness (QED) is 0.862. The Morgan fingerprint density at radius 3 is 2.38 bits per heavy atom. The van der Waals surface area contributed by atoms with Crippen LogP contribution in [0.2, 0.25) is 5.02 Å². The molecule has 1 aliphatic heterocycles. The summed E-state index contributed by atoms with van der Waals surface area (Å²) in [5.74, 6) is 0.000707. The van der Waals surface area contributed by atoms with Gasteiger partial charge in [-0.2, -0.15) is 4.31 Å². The van der Waals surface area contributed by atoms with Crippen molar-refractivity contribution in [2.75, 3.05) is 13.1 Å². The highest BCUT2D eigenvalue weighted by molar-refractivity contribution is 7.89. The Hall–Kier alpha value is -1.11. The summed E-state index contributed by atoms with van der Waals surface area (Å²) in [7, 11) is -3.67. The van der Waals surface area contributed by atoms with E-state index in [9.17, 15) is 13.2 Å². The summed E-state index contributed by atoms with van der Waals surface area (Å²) in [6.07, 6.45) is 2.74. The SMILES string of the molecule is CC(C)C(C)NC(=O)c1ccc(Cl)c(S(=O)(=O)N2CCCCC2)c1. The maximum absolute atomic E-state index is 12.8. The van der Waals surface area contributed by atoms with E-state index in [0.29, 0.717) is 18.7 Å². The van der Waals surface area contributed by atoms with E-state index in [1.165, 1.54) is 16.4 Å². The first-order valence-corrected chi connectivity index (χ1v) is 10.2. The van der Waals surface area contributed by atoms with Crippen molar-refractivity contribution in [3.8, 4) is 0 Å². The van der Waals surface area contributed by atoms with E-state index < -0.39 is 10.0 Å². The normalized spacial score (nSPS) is 17.7. The molecule has 1 aliphatic rings. The predicted molar refractivity (Wildman–Crippen MR) is 95.8 cm³/mol. The maximum Gasteiger partial charge on any atom is 0.251 e. The average Bonchev–Trinajstić information content (AvgIpc) is 2.55. The number of amides is 1. The van der Waals surface area contributed by atoms with E-state index in [0.717, 1.165) is 19.3 Å². The van der Waals surface area contributed by atoms with Crippen LogP contribution in [0.4, 0.5) is 0 Å². The Bertz CT molecular complexity index is 698. The van der Waals surface area contributed by atoms with Crippen molar-refractivity contribution in [2.45, 2.75) is 51.0 Å². The molecule has 0 radical (unpaired) electrons. The van der Waals surface area contributed by atoms with Gasteiger partial charge in [0.15, 0.2) is 0 Å². The van der Waals surface area contributed by atoms with E-state index >= 15 is 0 Å². The molecule has 24 heavy (non-hydrogen) atoms. The zero-order chi connectivity index (χ0) is 17.9. The minimum absolute atomic E-state index is 0.00432. The highest BCUT2D eigenvalue weighted by atomic mass is 35.5. The van der Waals surface area contributed by atoms with Crippen molar-refractivity contribution in [3.63, 3.8) is 0 Å². The summed E-state index contributed by atoms with van der Waals surface area (Å²) in [5.41, 5.74) is 0.308. The van der Waals surface area contributed by atoms with Crippen LogP contribution in [0.15, 0.2) is 23.1 Å². The van der Waals surface area contributed by atoms with Gasteiger partial charge in [-0.3, -0.25) is 4.79 Å². The molecule has 1 heterocycles. The monoisotopic (exact) mass is 372 g/mol. The summed E-state index contributed by atoms with van der Waals surface area (Å²) in [5, 5.41) is 3.03. The molecule has 1 atom stereocenters. The summed E-state index contributed by atoms with van der Waals surface area (Å²) in [4.78, 5) is 12.4. The molecule has 5 nitrogen and oxygen atoms in total. The number of hydrogen-bond donors (Lipinski definition) is 1. The van der Waals surface area contributed by atoms with Crippen LogP contribution in [0.3, 0.4) is 0 Å². The van der Waals surface area contributed by atoms with Gasteiger partial charge in [-0.25, -0.2) is 8.42 Å². The zero-order valence-corrected chi connectivity index (χ0v) is 16.0. The number of carbonyl (C=O) groups is 1. The molecule has 1 N–H and O–H groups in total. The third-order valence-corrected chi connectivity index (χ3v) is 6.87. The lowest BCUT2D eigenvalue weighted by molar-refractivity contribution is 0.0930. The van der Waals surface area contributed by atoms with Gasteiger partial charge in [-0.15, -0.1) is 0 Å². The van der Waals surface area contributed by atoms with E-state index in [2.05, 4.69) is 5.32 Å². The Labute approximate surface area is 149 Å². The van der Waals surface area contributed by atoms with Gasteiger partial charge in [-0.05, 0) is 43.9 Å². The van der Waals surface area contributed by atoms with Crippen LogP contribution in [0.25, 0.3) is 0 Å². The van der Waals surface area contributed by atoms with Crippen LogP contribution >= 0.6 is 11.6 Å². The molecule has 134 valence electrons. The van der Waals surface area contributed by atoms with Crippen molar-refractivity contribution in [1.82, 2.24) is 9.62 Å². The third kappa shape index (κ3) is 4.29. The minimum atomic E-state index is -3.67. The van der Waals surface area contributed by atoms with Gasteiger partial charge in [0.1, 0.15) is 4.90 Å². The largest absolute Gasteiger partial charge is 0.349 e. The summed E-state index contributed by atoms with van der Waals surface area (Å²) < 4.78 is 27.1. The molecule has 0 aromatic heterocycles. The lowest BCUT2D eigenvalue weighted by Crippen LogP contribution is -2.37. The zero-order valence-electron chi connectivity index (χ0n) is 14.4. The minimum Gasteiger partial charge on any atom is -0.349 e. The van der Waals surface area contributed by atoms with E-state index in [4.69, 9.17) is 11.6 Å². The number of piperidine rings is 1. The molecule has 0 bridgehead atoms. The molecule has 1 saturated heterocycles. The highest BCUT2D eigenvalue weighted by Crippen LogP contribution is 2.28. The number of benzene rings is 1. The van der Waals surface area contributed by atoms with Gasteiger partial charge in [0.05, 0.1) is 5.02 Å². The second kappa shape index (κ2) is 7.85. The molecule has 1 fully saturated rings. The number of rotatable bonds is 5. The van der Waals surface area contributed by atoms with Gasteiger partial charge in [0.2, 0.25) is 10.0 Å². The van der Waals surface area contributed by atoms with Crippen LogP contribution in [-0.4, -0.2) is 37.8 Å². The molecule has 0 saturated carbocycles. The van der Waals surface area contributed by atoms with Crippen molar-refractivity contribution < 1.29 is 13.2 Å². The van der Waals surface area contributed by atoms with Gasteiger partial charge >= 0.3 is 0 Å². The summed E-state index contributed by atoms with van der Waals surface area (Å²) >= 11 is 6.12. The predicted octanol–water partition coefficient (Wildman–Crippen LogP) is 3.29. The smallest absolute Gasteiger partial charge is 0.251 e. The van der Waals surface area contributed by atoms with Gasteiger partial charge in [-0.1, -0.05) is 31.9 Å². The molecule has 0 aliphatic carbocycles. The maximum atomic E-state index is 12.8. The highest BCUT2D eigenvalue weighted by Gasteiger charge is 2.29. The first-order chi connectivity index (χ1) is 11.2. The van der Waals surface area contributed by atoms with E-state index in [1.807, 2.05) is 20.8 Å². The summed E-state index contributed by atoms with van der Waals surface area (Å²) in [6.45, 7) is 6.95. The average molecular weight is 373 g/mol. The lowest BCUT2D eigenvalue weighted by atomic mass is 10.1.